The lowest BCUT2D eigenvalue weighted by molar-refractivity contribution is 1.49. The number of rotatable bonds is 1. The molecular formula is C9H14NP. The van der Waals surface area contributed by atoms with Crippen molar-refractivity contribution in [2.45, 2.75) is 6.92 Å². The summed E-state index contributed by atoms with van der Waals surface area (Å²) >= 11 is 0. The van der Waals surface area contributed by atoms with Gasteiger partial charge in [0, 0.05) is 5.69 Å². The minimum Gasteiger partial charge on any atom is -0.398 e. The van der Waals surface area contributed by atoms with E-state index in [2.05, 4.69) is 32.4 Å². The van der Waals surface area contributed by atoms with Gasteiger partial charge < -0.3 is 5.73 Å². The molecule has 0 amide bonds. The number of hydrogen-bond acceptors (Lipinski definition) is 1. The van der Waals surface area contributed by atoms with E-state index in [1.54, 1.807) is 0 Å². The fraction of sp³-hybridized carbons (Fsp3) is 0.333. The minimum atomic E-state index is -0.0576. The molecule has 0 aromatic heterocycles. The quantitative estimate of drug-likeness (QED) is 0.502. The van der Waals surface area contributed by atoms with Crippen LogP contribution in [0.4, 0.5) is 5.69 Å². The SMILES string of the molecule is Cc1ccc(N)c(P(C)C)c1. The van der Waals surface area contributed by atoms with Gasteiger partial charge in [0.15, 0.2) is 0 Å². The molecule has 11 heavy (non-hydrogen) atoms. The Bertz CT molecular complexity index is 256. The lowest BCUT2D eigenvalue weighted by Crippen LogP contribution is -2.07. The molecule has 0 radical (unpaired) electrons. The first-order valence-electron chi connectivity index (χ1n) is 3.64. The molecule has 0 aliphatic heterocycles. The molecule has 0 aliphatic carbocycles. The normalized spacial score (nSPS) is 10.5. The van der Waals surface area contributed by atoms with Crippen LogP contribution in [0.2, 0.25) is 0 Å². The number of nitrogen functional groups attached to an aromatic ring is 1. The molecule has 0 unspecified atom stereocenters. The van der Waals surface area contributed by atoms with E-state index in [1.165, 1.54) is 10.9 Å². The molecule has 0 atom stereocenters. The summed E-state index contributed by atoms with van der Waals surface area (Å²) in [4.78, 5) is 0. The van der Waals surface area contributed by atoms with E-state index in [0.29, 0.717) is 0 Å². The van der Waals surface area contributed by atoms with Crippen LogP contribution in [0.1, 0.15) is 5.56 Å². The van der Waals surface area contributed by atoms with Crippen LogP contribution in [-0.4, -0.2) is 13.3 Å². The molecular weight excluding hydrogens is 153 g/mol. The molecule has 0 saturated carbocycles. The van der Waals surface area contributed by atoms with Gasteiger partial charge in [0.1, 0.15) is 0 Å². The average Bonchev–Trinajstić information content (AvgIpc) is 1.94. The molecule has 0 fully saturated rings. The smallest absolute Gasteiger partial charge is 0.0392 e. The lowest BCUT2D eigenvalue weighted by atomic mass is 10.2. The molecule has 1 aromatic rings. The molecule has 0 heterocycles. The zero-order valence-electron chi connectivity index (χ0n) is 7.26. The molecule has 0 spiro atoms. The molecule has 0 bridgehead atoms. The maximum absolute atomic E-state index is 5.81. The van der Waals surface area contributed by atoms with Gasteiger partial charge in [0.25, 0.3) is 0 Å². The van der Waals surface area contributed by atoms with Crippen LogP contribution in [0.5, 0.6) is 0 Å². The van der Waals surface area contributed by atoms with Crippen LogP contribution in [0.3, 0.4) is 0 Å². The van der Waals surface area contributed by atoms with Crippen LogP contribution in [0.25, 0.3) is 0 Å². The predicted molar refractivity (Wildman–Crippen MR) is 54.0 cm³/mol. The van der Waals surface area contributed by atoms with E-state index in [-0.39, 0.29) is 7.92 Å². The van der Waals surface area contributed by atoms with Gasteiger partial charge in [0.2, 0.25) is 0 Å². The minimum absolute atomic E-state index is 0.0576. The van der Waals surface area contributed by atoms with E-state index in [9.17, 15) is 0 Å². The highest BCUT2D eigenvalue weighted by molar-refractivity contribution is 7.64. The Balaban J connectivity index is 3.13. The zero-order valence-corrected chi connectivity index (χ0v) is 8.15. The van der Waals surface area contributed by atoms with E-state index in [0.717, 1.165) is 5.69 Å². The second kappa shape index (κ2) is 3.23. The number of nitrogens with two attached hydrogens (primary N) is 1. The monoisotopic (exact) mass is 167 g/mol. The second-order valence-corrected chi connectivity index (χ2v) is 5.23. The molecule has 1 rings (SSSR count). The van der Waals surface area contributed by atoms with Gasteiger partial charge in [-0.05, 0) is 37.7 Å². The summed E-state index contributed by atoms with van der Waals surface area (Å²) in [5.41, 5.74) is 8.04. The van der Waals surface area contributed by atoms with Gasteiger partial charge >= 0.3 is 0 Å². The third-order valence-corrected chi connectivity index (χ3v) is 3.02. The van der Waals surface area contributed by atoms with Crippen molar-refractivity contribution < 1.29 is 0 Å². The lowest BCUT2D eigenvalue weighted by Gasteiger charge is -2.09. The fourth-order valence-corrected chi connectivity index (χ4v) is 2.09. The van der Waals surface area contributed by atoms with Crippen LogP contribution in [-0.2, 0) is 0 Å². The van der Waals surface area contributed by atoms with Crippen molar-refractivity contribution in [1.29, 1.82) is 0 Å². The number of hydrogen-bond donors (Lipinski definition) is 1. The first-order chi connectivity index (χ1) is 5.11. The van der Waals surface area contributed by atoms with Gasteiger partial charge in [0.05, 0.1) is 0 Å². The first-order valence-corrected chi connectivity index (χ1v) is 5.88. The zero-order chi connectivity index (χ0) is 8.43. The number of benzene rings is 1. The molecule has 0 saturated heterocycles. The summed E-state index contributed by atoms with van der Waals surface area (Å²) in [6.45, 7) is 6.54. The summed E-state index contributed by atoms with van der Waals surface area (Å²) in [6.07, 6.45) is 0. The maximum atomic E-state index is 5.81. The van der Waals surface area contributed by atoms with Crippen LogP contribution < -0.4 is 11.0 Å². The Kier molecular flexibility index (Phi) is 2.51. The fourth-order valence-electron chi connectivity index (χ4n) is 1.04. The van der Waals surface area contributed by atoms with Crippen molar-refractivity contribution in [1.82, 2.24) is 0 Å². The van der Waals surface area contributed by atoms with Gasteiger partial charge in [-0.1, -0.05) is 19.6 Å². The van der Waals surface area contributed by atoms with E-state index < -0.39 is 0 Å². The van der Waals surface area contributed by atoms with Gasteiger partial charge in [-0.25, -0.2) is 0 Å². The standard InChI is InChI=1S/C9H14NP/c1-7-4-5-8(10)9(6-7)11(2)3/h4-6H,10H2,1-3H3. The largest absolute Gasteiger partial charge is 0.398 e. The summed E-state index contributed by atoms with van der Waals surface area (Å²) in [7, 11) is -0.0576. The molecule has 2 heteroatoms. The van der Waals surface area contributed by atoms with Crippen molar-refractivity contribution in [2.75, 3.05) is 19.1 Å². The Hall–Kier alpha value is -0.550. The van der Waals surface area contributed by atoms with Crippen molar-refractivity contribution in [3.63, 3.8) is 0 Å². The predicted octanol–water partition coefficient (Wildman–Crippen LogP) is 1.94. The van der Waals surface area contributed by atoms with Crippen LogP contribution in [0.15, 0.2) is 18.2 Å². The first kappa shape index (κ1) is 8.55. The van der Waals surface area contributed by atoms with Crippen molar-refractivity contribution in [2.24, 2.45) is 0 Å². The molecule has 2 N–H and O–H groups in total. The van der Waals surface area contributed by atoms with E-state index in [4.69, 9.17) is 5.73 Å². The number of aryl methyl sites for hydroxylation is 1. The van der Waals surface area contributed by atoms with E-state index >= 15 is 0 Å². The highest BCUT2D eigenvalue weighted by atomic mass is 31.1. The molecule has 1 nitrogen and oxygen atoms in total. The molecule has 0 aliphatic rings. The summed E-state index contributed by atoms with van der Waals surface area (Å²) in [5.74, 6) is 0. The Morgan fingerprint density at radius 1 is 1.27 bits per heavy atom. The summed E-state index contributed by atoms with van der Waals surface area (Å²) < 4.78 is 0. The maximum Gasteiger partial charge on any atom is 0.0392 e. The van der Waals surface area contributed by atoms with Gasteiger partial charge in [-0.3, -0.25) is 0 Å². The Labute approximate surface area is 69.4 Å². The molecule has 1 aromatic carbocycles. The van der Waals surface area contributed by atoms with Crippen molar-refractivity contribution in [3.05, 3.63) is 23.8 Å². The summed E-state index contributed by atoms with van der Waals surface area (Å²) in [6, 6.07) is 6.23. The highest BCUT2D eigenvalue weighted by Gasteiger charge is 2.02. The third-order valence-electron chi connectivity index (χ3n) is 1.67. The van der Waals surface area contributed by atoms with Crippen LogP contribution in [0, 0.1) is 6.92 Å². The van der Waals surface area contributed by atoms with E-state index in [1.807, 2.05) is 6.07 Å². The molecule has 60 valence electrons. The van der Waals surface area contributed by atoms with Gasteiger partial charge in [-0.15, -0.1) is 0 Å². The second-order valence-electron chi connectivity index (χ2n) is 2.96. The van der Waals surface area contributed by atoms with Crippen LogP contribution >= 0.6 is 7.92 Å². The van der Waals surface area contributed by atoms with Crippen molar-refractivity contribution in [3.8, 4) is 0 Å². The van der Waals surface area contributed by atoms with Crippen molar-refractivity contribution >= 4 is 18.9 Å². The Morgan fingerprint density at radius 3 is 2.36 bits per heavy atom. The summed E-state index contributed by atoms with van der Waals surface area (Å²) in [5, 5.41) is 1.32. The Morgan fingerprint density at radius 2 is 1.91 bits per heavy atom. The average molecular weight is 167 g/mol. The topological polar surface area (TPSA) is 26.0 Å². The third kappa shape index (κ3) is 1.94. The number of anilines is 1. The highest BCUT2D eigenvalue weighted by Crippen LogP contribution is 2.26. The van der Waals surface area contributed by atoms with Gasteiger partial charge in [-0.2, -0.15) is 0 Å².